The number of aromatic nitrogens is 4. The van der Waals surface area contributed by atoms with E-state index < -0.39 is 11.5 Å². The molecule has 0 unspecified atom stereocenters. The number of anilines is 1. The lowest BCUT2D eigenvalue weighted by Crippen LogP contribution is -2.45. The summed E-state index contributed by atoms with van der Waals surface area (Å²) in [7, 11) is 3.81. The second-order valence-electron chi connectivity index (χ2n) is 7.38. The lowest BCUT2D eigenvalue weighted by molar-refractivity contribution is -0.0645. The van der Waals surface area contributed by atoms with Crippen molar-refractivity contribution in [1.82, 2.24) is 19.5 Å². The summed E-state index contributed by atoms with van der Waals surface area (Å²) in [6.07, 6.45) is 4.12. The molecule has 0 aliphatic heterocycles. The topological polar surface area (TPSA) is 108 Å². The summed E-state index contributed by atoms with van der Waals surface area (Å²) in [5, 5.41) is 30.3. The van der Waals surface area contributed by atoms with Crippen LogP contribution in [0, 0.1) is 17.3 Å². The van der Waals surface area contributed by atoms with Crippen LogP contribution in [0.1, 0.15) is 18.9 Å². The fourth-order valence-electron chi connectivity index (χ4n) is 4.80. The average molecular weight is 333 g/mol. The molecule has 4 rings (SSSR count). The van der Waals surface area contributed by atoms with Crippen LogP contribution in [-0.4, -0.2) is 68.3 Å². The van der Waals surface area contributed by atoms with Crippen LogP contribution < -0.4 is 4.90 Å². The van der Waals surface area contributed by atoms with E-state index in [1.807, 2.05) is 23.6 Å². The SMILES string of the molecule is CN(C)c1ncnc2c1ncn2[C@H]1[C@@H]2C[C@H]([C@@H]1O)C(CO)(CO)C2. The normalized spacial score (nSPS) is 31.0. The minimum atomic E-state index is -0.627. The van der Waals surface area contributed by atoms with Crippen molar-refractivity contribution in [3.63, 3.8) is 0 Å². The summed E-state index contributed by atoms with van der Waals surface area (Å²) in [6.45, 7) is -0.182. The Morgan fingerprint density at radius 1 is 1.25 bits per heavy atom. The van der Waals surface area contributed by atoms with Gasteiger partial charge in [-0.1, -0.05) is 0 Å². The number of imidazole rings is 1. The van der Waals surface area contributed by atoms with E-state index in [0.29, 0.717) is 17.6 Å². The predicted octanol–water partition coefficient (Wildman–Crippen LogP) is -0.195. The molecule has 4 atom stereocenters. The number of nitrogens with zero attached hydrogens (tertiary/aromatic N) is 5. The Morgan fingerprint density at radius 2 is 2.00 bits per heavy atom. The molecule has 24 heavy (non-hydrogen) atoms. The van der Waals surface area contributed by atoms with Crippen molar-refractivity contribution in [2.75, 3.05) is 32.2 Å². The Kier molecular flexibility index (Phi) is 3.52. The zero-order valence-electron chi connectivity index (χ0n) is 13.9. The maximum absolute atomic E-state index is 10.9. The molecule has 2 bridgehead atoms. The summed E-state index contributed by atoms with van der Waals surface area (Å²) >= 11 is 0. The van der Waals surface area contributed by atoms with Gasteiger partial charge < -0.3 is 24.8 Å². The van der Waals surface area contributed by atoms with Crippen molar-refractivity contribution < 1.29 is 15.3 Å². The summed E-state index contributed by atoms with van der Waals surface area (Å²) in [5.74, 6) is 0.839. The molecule has 0 radical (unpaired) electrons. The summed E-state index contributed by atoms with van der Waals surface area (Å²) in [6, 6.07) is -0.129. The van der Waals surface area contributed by atoms with Crippen molar-refractivity contribution >= 4 is 17.0 Å². The largest absolute Gasteiger partial charge is 0.396 e. The van der Waals surface area contributed by atoms with Gasteiger partial charge in [0.15, 0.2) is 17.0 Å². The quantitative estimate of drug-likeness (QED) is 0.711. The van der Waals surface area contributed by atoms with Crippen molar-refractivity contribution in [2.24, 2.45) is 17.3 Å². The third-order valence-corrected chi connectivity index (χ3v) is 5.97. The number of hydrogen-bond donors (Lipinski definition) is 3. The van der Waals surface area contributed by atoms with Gasteiger partial charge in [-0.25, -0.2) is 15.0 Å². The van der Waals surface area contributed by atoms with Crippen LogP contribution in [0.3, 0.4) is 0 Å². The monoisotopic (exact) mass is 333 g/mol. The molecular formula is C16H23N5O3. The van der Waals surface area contributed by atoms with Crippen LogP contribution in [-0.2, 0) is 0 Å². The predicted molar refractivity (Wildman–Crippen MR) is 87.5 cm³/mol. The van der Waals surface area contributed by atoms with Gasteiger partial charge in [0.05, 0.1) is 31.7 Å². The van der Waals surface area contributed by atoms with Crippen LogP contribution in [0.25, 0.3) is 11.2 Å². The second kappa shape index (κ2) is 5.37. The molecule has 8 nitrogen and oxygen atoms in total. The van der Waals surface area contributed by atoms with Gasteiger partial charge in [0.25, 0.3) is 0 Å². The zero-order valence-corrected chi connectivity index (χ0v) is 13.9. The highest BCUT2D eigenvalue weighted by molar-refractivity contribution is 5.83. The first-order valence-electron chi connectivity index (χ1n) is 8.27. The van der Waals surface area contributed by atoms with Crippen molar-refractivity contribution in [1.29, 1.82) is 0 Å². The van der Waals surface area contributed by atoms with Crippen LogP contribution >= 0.6 is 0 Å². The van der Waals surface area contributed by atoms with Crippen LogP contribution in [0.15, 0.2) is 12.7 Å². The van der Waals surface area contributed by atoms with Gasteiger partial charge in [-0.15, -0.1) is 0 Å². The van der Waals surface area contributed by atoms with E-state index in [-0.39, 0.29) is 31.1 Å². The van der Waals surface area contributed by atoms with E-state index in [2.05, 4.69) is 15.0 Å². The van der Waals surface area contributed by atoms with E-state index in [4.69, 9.17) is 0 Å². The Balaban J connectivity index is 1.74. The highest BCUT2D eigenvalue weighted by Crippen LogP contribution is 2.60. The highest BCUT2D eigenvalue weighted by atomic mass is 16.3. The number of hydrogen-bond acceptors (Lipinski definition) is 7. The summed E-state index contributed by atoms with van der Waals surface area (Å²) < 4.78 is 1.94. The van der Waals surface area contributed by atoms with E-state index >= 15 is 0 Å². The first-order chi connectivity index (χ1) is 11.5. The molecule has 130 valence electrons. The number of aliphatic hydroxyl groups is 3. The minimum Gasteiger partial charge on any atom is -0.396 e. The number of aliphatic hydroxyl groups excluding tert-OH is 3. The summed E-state index contributed by atoms with van der Waals surface area (Å²) in [5.41, 5.74) is 0.859. The zero-order chi connectivity index (χ0) is 17.1. The maximum atomic E-state index is 10.9. The van der Waals surface area contributed by atoms with Crippen LogP contribution in [0.2, 0.25) is 0 Å². The number of fused-ring (bicyclic) bond motifs is 3. The van der Waals surface area contributed by atoms with Crippen molar-refractivity contribution in [3.05, 3.63) is 12.7 Å². The third-order valence-electron chi connectivity index (χ3n) is 5.97. The highest BCUT2D eigenvalue weighted by Gasteiger charge is 2.60. The van der Waals surface area contributed by atoms with Gasteiger partial charge in [-0.3, -0.25) is 0 Å². The van der Waals surface area contributed by atoms with E-state index in [1.54, 1.807) is 6.33 Å². The molecule has 2 aliphatic rings. The second-order valence-corrected chi connectivity index (χ2v) is 7.38. The van der Waals surface area contributed by atoms with E-state index in [9.17, 15) is 15.3 Å². The fourth-order valence-corrected chi connectivity index (χ4v) is 4.80. The van der Waals surface area contributed by atoms with Crippen LogP contribution in [0.4, 0.5) is 5.82 Å². The Hall–Kier alpha value is -1.77. The first kappa shape index (κ1) is 15.7. The lowest BCUT2D eigenvalue weighted by Gasteiger charge is -2.40. The van der Waals surface area contributed by atoms with Gasteiger partial charge in [0.2, 0.25) is 0 Å². The van der Waals surface area contributed by atoms with Gasteiger partial charge in [0, 0.05) is 19.5 Å². The molecule has 0 aromatic carbocycles. The molecule has 2 heterocycles. The maximum Gasteiger partial charge on any atom is 0.165 e. The molecule has 2 saturated carbocycles. The molecule has 2 aliphatic carbocycles. The number of rotatable bonds is 4. The van der Waals surface area contributed by atoms with Crippen LogP contribution in [0.5, 0.6) is 0 Å². The Labute approximate surface area is 139 Å². The fraction of sp³-hybridized carbons (Fsp3) is 0.688. The van der Waals surface area contributed by atoms with Crippen molar-refractivity contribution in [2.45, 2.75) is 25.0 Å². The Morgan fingerprint density at radius 3 is 2.62 bits per heavy atom. The smallest absolute Gasteiger partial charge is 0.165 e. The molecule has 2 aromatic rings. The average Bonchev–Trinajstić information content (AvgIpc) is 3.25. The molecule has 3 N–H and O–H groups in total. The van der Waals surface area contributed by atoms with Gasteiger partial charge in [-0.2, -0.15) is 0 Å². The lowest BCUT2D eigenvalue weighted by atomic mass is 9.71. The molecule has 8 heteroatoms. The van der Waals surface area contributed by atoms with Gasteiger partial charge in [-0.05, 0) is 24.7 Å². The molecular weight excluding hydrogens is 310 g/mol. The molecule has 0 saturated heterocycles. The van der Waals surface area contributed by atoms with E-state index in [0.717, 1.165) is 12.2 Å². The standard InChI is InChI=1S/C16H23N5O3/c1-20(2)14-11-15(18-7-17-14)21(8-19-11)12-9-3-10(13(12)24)16(4-9,5-22)6-23/h7-10,12-13,22-24H,3-6H2,1-2H3/t9-,10-,12+,13+/m1/s1. The van der Waals surface area contributed by atoms with Crippen molar-refractivity contribution in [3.8, 4) is 0 Å². The summed E-state index contributed by atoms with van der Waals surface area (Å²) in [4.78, 5) is 15.0. The van der Waals surface area contributed by atoms with Gasteiger partial charge >= 0.3 is 0 Å². The molecule has 2 aromatic heterocycles. The molecule has 2 fully saturated rings. The first-order valence-corrected chi connectivity index (χ1v) is 8.27. The van der Waals surface area contributed by atoms with E-state index in [1.165, 1.54) is 6.33 Å². The third kappa shape index (κ3) is 1.93. The molecule has 0 amide bonds. The van der Waals surface area contributed by atoms with Gasteiger partial charge in [0.1, 0.15) is 6.33 Å². The Bertz CT molecular complexity index is 755. The minimum absolute atomic E-state index is 0.0912. The molecule has 0 spiro atoms.